The van der Waals surface area contributed by atoms with Gasteiger partial charge in [0, 0.05) is 18.9 Å². The number of hydrogen-bond acceptors (Lipinski definition) is 5. The quantitative estimate of drug-likeness (QED) is 0.684. The molecule has 6 nitrogen and oxygen atoms in total. The van der Waals surface area contributed by atoms with Gasteiger partial charge in [-0.3, -0.25) is 4.57 Å². The van der Waals surface area contributed by atoms with Crippen molar-refractivity contribution in [3.8, 4) is 17.1 Å². The highest BCUT2D eigenvalue weighted by atomic mass is 15.3. The van der Waals surface area contributed by atoms with Crippen molar-refractivity contribution in [3.05, 3.63) is 42.5 Å². The Balaban J connectivity index is 2.16. The first-order chi connectivity index (χ1) is 10.3. The Kier molecular flexibility index (Phi) is 2.50. The first-order valence-corrected chi connectivity index (χ1v) is 6.90. The van der Waals surface area contributed by atoms with Crippen LogP contribution in [0.4, 0.5) is 11.6 Å². The molecule has 0 radical (unpaired) electrons. The fourth-order valence-corrected chi connectivity index (χ4v) is 2.80. The second-order valence-electron chi connectivity index (χ2n) is 4.94. The smallest absolute Gasteiger partial charge is 0.172 e. The second kappa shape index (κ2) is 4.37. The predicted molar refractivity (Wildman–Crippen MR) is 79.8 cm³/mol. The van der Waals surface area contributed by atoms with Gasteiger partial charge < -0.3 is 4.90 Å². The third-order valence-electron chi connectivity index (χ3n) is 3.75. The molecule has 0 saturated heterocycles. The first-order valence-electron chi connectivity index (χ1n) is 6.90. The van der Waals surface area contributed by atoms with Gasteiger partial charge in [0.05, 0.1) is 11.3 Å². The van der Waals surface area contributed by atoms with E-state index in [1.165, 1.54) is 0 Å². The van der Waals surface area contributed by atoms with E-state index in [0.717, 1.165) is 40.8 Å². The van der Waals surface area contributed by atoms with E-state index in [0.29, 0.717) is 0 Å². The van der Waals surface area contributed by atoms with Crippen LogP contribution in [0.15, 0.2) is 36.9 Å². The minimum absolute atomic E-state index is 0.783. The molecule has 4 rings (SSSR count). The molecule has 0 atom stereocenters. The summed E-state index contributed by atoms with van der Waals surface area (Å²) in [6.45, 7) is 4.95. The molecule has 0 N–H and O–H groups in total. The summed E-state index contributed by atoms with van der Waals surface area (Å²) in [6, 6.07) is 5.94. The molecule has 3 aromatic rings. The van der Waals surface area contributed by atoms with Crippen molar-refractivity contribution < 1.29 is 0 Å². The van der Waals surface area contributed by atoms with Crippen LogP contribution in [0, 0.1) is 6.92 Å². The Morgan fingerprint density at radius 3 is 2.81 bits per heavy atom. The van der Waals surface area contributed by atoms with Crippen LogP contribution in [-0.4, -0.2) is 31.3 Å². The summed E-state index contributed by atoms with van der Waals surface area (Å²) in [5, 5.41) is 8.36. The van der Waals surface area contributed by atoms with Gasteiger partial charge in [-0.1, -0.05) is 0 Å². The molecule has 3 aromatic heterocycles. The van der Waals surface area contributed by atoms with E-state index in [9.17, 15) is 0 Å². The zero-order valence-corrected chi connectivity index (χ0v) is 11.9. The standard InChI is InChI=1S/C15H14N6/c1-3-20-13-11(5-4-7-16-13)14-19-18-9-21(14)12-10(2)6-8-17-15(12)20/h4-9H,3H2,1-2H3. The summed E-state index contributed by atoms with van der Waals surface area (Å²) in [6.07, 6.45) is 5.36. The molecule has 0 aromatic carbocycles. The maximum atomic E-state index is 4.58. The van der Waals surface area contributed by atoms with E-state index in [2.05, 4.69) is 38.9 Å². The SMILES string of the molecule is CCN1c2ncccc2-c2nncn2-c2c(C)ccnc21. The van der Waals surface area contributed by atoms with Crippen LogP contribution in [0.5, 0.6) is 0 Å². The summed E-state index contributed by atoms with van der Waals surface area (Å²) >= 11 is 0. The van der Waals surface area contributed by atoms with Gasteiger partial charge in [-0.05, 0) is 37.6 Å². The van der Waals surface area contributed by atoms with Crippen molar-refractivity contribution in [1.82, 2.24) is 24.7 Å². The number of rotatable bonds is 1. The minimum atomic E-state index is 0.783. The molecular formula is C15H14N6. The van der Waals surface area contributed by atoms with Crippen LogP contribution in [0.3, 0.4) is 0 Å². The first kappa shape index (κ1) is 12.0. The maximum Gasteiger partial charge on any atom is 0.172 e. The Morgan fingerprint density at radius 2 is 1.95 bits per heavy atom. The lowest BCUT2D eigenvalue weighted by atomic mass is 10.2. The average molecular weight is 278 g/mol. The summed E-state index contributed by atoms with van der Waals surface area (Å²) < 4.78 is 1.99. The molecule has 0 saturated carbocycles. The van der Waals surface area contributed by atoms with Crippen LogP contribution in [0.25, 0.3) is 17.1 Å². The van der Waals surface area contributed by atoms with Gasteiger partial charge in [-0.2, -0.15) is 0 Å². The fraction of sp³-hybridized carbons (Fsp3) is 0.200. The van der Waals surface area contributed by atoms with Gasteiger partial charge >= 0.3 is 0 Å². The highest BCUT2D eigenvalue weighted by molar-refractivity contribution is 5.82. The number of pyridine rings is 2. The van der Waals surface area contributed by atoms with Crippen LogP contribution < -0.4 is 4.90 Å². The highest BCUT2D eigenvalue weighted by Crippen LogP contribution is 2.40. The summed E-state index contributed by atoms with van der Waals surface area (Å²) in [5.74, 6) is 2.55. The number of aromatic nitrogens is 5. The van der Waals surface area contributed by atoms with Crippen molar-refractivity contribution >= 4 is 11.6 Å². The van der Waals surface area contributed by atoms with Crippen molar-refractivity contribution in [2.75, 3.05) is 11.4 Å². The van der Waals surface area contributed by atoms with Crippen LogP contribution >= 0.6 is 0 Å². The number of nitrogens with zero attached hydrogens (tertiary/aromatic N) is 6. The van der Waals surface area contributed by atoms with E-state index >= 15 is 0 Å². The number of aryl methyl sites for hydroxylation is 1. The zero-order valence-electron chi connectivity index (χ0n) is 11.9. The fourth-order valence-electron chi connectivity index (χ4n) is 2.80. The van der Waals surface area contributed by atoms with Crippen molar-refractivity contribution in [2.45, 2.75) is 13.8 Å². The zero-order chi connectivity index (χ0) is 14.4. The van der Waals surface area contributed by atoms with Crippen molar-refractivity contribution in [2.24, 2.45) is 0 Å². The number of anilines is 2. The minimum Gasteiger partial charge on any atom is -0.309 e. The molecule has 6 heteroatoms. The van der Waals surface area contributed by atoms with Crippen molar-refractivity contribution in [1.29, 1.82) is 0 Å². The largest absolute Gasteiger partial charge is 0.309 e. The van der Waals surface area contributed by atoms with Crippen LogP contribution in [-0.2, 0) is 0 Å². The lowest BCUT2D eigenvalue weighted by Gasteiger charge is -2.22. The third kappa shape index (κ3) is 1.59. The molecule has 1 aliphatic rings. The summed E-state index contributed by atoms with van der Waals surface area (Å²) in [7, 11) is 0. The van der Waals surface area contributed by atoms with E-state index in [-0.39, 0.29) is 0 Å². The molecular weight excluding hydrogens is 264 g/mol. The lowest BCUT2D eigenvalue weighted by molar-refractivity contribution is 0.945. The third-order valence-corrected chi connectivity index (χ3v) is 3.75. The van der Waals surface area contributed by atoms with E-state index < -0.39 is 0 Å². The normalized spacial score (nSPS) is 12.4. The van der Waals surface area contributed by atoms with Gasteiger partial charge in [0.1, 0.15) is 12.1 Å². The van der Waals surface area contributed by atoms with Gasteiger partial charge in [0.25, 0.3) is 0 Å². The molecule has 4 heterocycles. The molecule has 104 valence electrons. The highest BCUT2D eigenvalue weighted by Gasteiger charge is 2.27. The Bertz CT molecular complexity index is 823. The molecule has 0 spiro atoms. The van der Waals surface area contributed by atoms with Crippen LogP contribution in [0.1, 0.15) is 12.5 Å². The van der Waals surface area contributed by atoms with Gasteiger partial charge in [-0.15, -0.1) is 10.2 Å². The summed E-state index contributed by atoms with van der Waals surface area (Å²) in [5.41, 5.74) is 3.11. The van der Waals surface area contributed by atoms with Gasteiger partial charge in [-0.25, -0.2) is 9.97 Å². The Hall–Kier alpha value is -2.76. The van der Waals surface area contributed by atoms with Crippen LogP contribution in [0.2, 0.25) is 0 Å². The summed E-state index contributed by atoms with van der Waals surface area (Å²) in [4.78, 5) is 11.2. The molecule has 0 fully saturated rings. The van der Waals surface area contributed by atoms with Gasteiger partial charge in [0.2, 0.25) is 0 Å². The molecule has 0 unspecified atom stereocenters. The average Bonchev–Trinajstić information content (AvgIpc) is 2.94. The Labute approximate surface area is 122 Å². The molecule has 0 amide bonds. The molecule has 1 aliphatic heterocycles. The topological polar surface area (TPSA) is 59.7 Å². The van der Waals surface area contributed by atoms with Gasteiger partial charge in [0.15, 0.2) is 11.6 Å². The van der Waals surface area contributed by atoms with E-state index in [1.807, 2.05) is 29.0 Å². The predicted octanol–water partition coefficient (Wildman–Crippen LogP) is 2.50. The maximum absolute atomic E-state index is 4.58. The number of fused-ring (bicyclic) bond motifs is 5. The molecule has 0 aliphatic carbocycles. The molecule has 0 bridgehead atoms. The van der Waals surface area contributed by atoms with E-state index in [1.54, 1.807) is 12.5 Å². The monoisotopic (exact) mass is 278 g/mol. The second-order valence-corrected chi connectivity index (χ2v) is 4.94. The van der Waals surface area contributed by atoms with E-state index in [4.69, 9.17) is 0 Å². The number of hydrogen-bond donors (Lipinski definition) is 0. The molecule has 21 heavy (non-hydrogen) atoms. The Morgan fingerprint density at radius 1 is 1.10 bits per heavy atom. The van der Waals surface area contributed by atoms with Crippen molar-refractivity contribution in [3.63, 3.8) is 0 Å². The lowest BCUT2D eigenvalue weighted by Crippen LogP contribution is -2.20.